The number of carboxylic acid groups (broad SMARTS) is 1. The monoisotopic (exact) mass is 281 g/mol. The van der Waals surface area contributed by atoms with Gasteiger partial charge in [-0.25, -0.2) is 4.79 Å². The molecule has 0 unspecified atom stereocenters. The first-order chi connectivity index (χ1) is 9.61. The van der Waals surface area contributed by atoms with E-state index in [0.717, 1.165) is 13.1 Å². The number of aliphatic hydroxyl groups is 1. The van der Waals surface area contributed by atoms with E-state index in [-0.39, 0.29) is 24.8 Å². The van der Waals surface area contributed by atoms with Gasteiger partial charge in [-0.3, -0.25) is 9.69 Å². The lowest BCUT2D eigenvalue weighted by Crippen LogP contribution is -2.50. The summed E-state index contributed by atoms with van der Waals surface area (Å²) in [5, 5.41) is 17.9. The van der Waals surface area contributed by atoms with Crippen LogP contribution >= 0.6 is 0 Å². The molecular formula is C13H19N3O4. The topological polar surface area (TPSA) is 86.0 Å². The van der Waals surface area contributed by atoms with Gasteiger partial charge in [0.2, 0.25) is 5.91 Å². The van der Waals surface area contributed by atoms with Crippen LogP contribution in [0, 0.1) is 0 Å². The fourth-order valence-electron chi connectivity index (χ4n) is 2.35. The first-order valence-electron chi connectivity index (χ1n) is 6.61. The quantitative estimate of drug-likeness (QED) is 0.747. The van der Waals surface area contributed by atoms with Gasteiger partial charge in [0.05, 0.1) is 6.61 Å². The minimum atomic E-state index is -1.03. The van der Waals surface area contributed by atoms with E-state index in [1.165, 1.54) is 10.6 Å². The van der Waals surface area contributed by atoms with E-state index in [1.807, 2.05) is 0 Å². The van der Waals surface area contributed by atoms with E-state index in [9.17, 15) is 9.59 Å². The molecule has 0 spiro atoms. The van der Waals surface area contributed by atoms with E-state index in [1.54, 1.807) is 17.2 Å². The molecule has 2 N–H and O–H groups in total. The number of carbonyl (C=O) groups is 2. The van der Waals surface area contributed by atoms with Crippen LogP contribution in [0.4, 0.5) is 0 Å². The highest BCUT2D eigenvalue weighted by molar-refractivity contribution is 5.86. The maximum Gasteiger partial charge on any atom is 0.352 e. The van der Waals surface area contributed by atoms with Crippen molar-refractivity contribution in [1.29, 1.82) is 0 Å². The minimum Gasteiger partial charge on any atom is -0.477 e. The van der Waals surface area contributed by atoms with Gasteiger partial charge in [0.1, 0.15) is 12.2 Å². The lowest BCUT2D eigenvalue weighted by atomic mass is 10.3. The molecule has 0 aromatic carbocycles. The van der Waals surface area contributed by atoms with Crippen molar-refractivity contribution in [2.45, 2.75) is 6.54 Å². The van der Waals surface area contributed by atoms with E-state index in [2.05, 4.69) is 4.90 Å². The molecule has 0 radical (unpaired) electrons. The van der Waals surface area contributed by atoms with Crippen molar-refractivity contribution in [3.8, 4) is 0 Å². The Kier molecular flexibility index (Phi) is 4.75. The Morgan fingerprint density at radius 2 is 1.90 bits per heavy atom. The second kappa shape index (κ2) is 6.53. The second-order valence-corrected chi connectivity index (χ2v) is 4.77. The number of rotatable bonds is 5. The fourth-order valence-corrected chi connectivity index (χ4v) is 2.35. The Hall–Kier alpha value is -1.86. The molecule has 0 bridgehead atoms. The number of nitrogens with zero attached hydrogens (tertiary/aromatic N) is 3. The molecule has 110 valence electrons. The molecule has 1 aromatic rings. The van der Waals surface area contributed by atoms with Crippen LogP contribution in [0.5, 0.6) is 0 Å². The predicted octanol–water partition coefficient (Wildman–Crippen LogP) is -0.677. The highest BCUT2D eigenvalue weighted by Gasteiger charge is 2.21. The van der Waals surface area contributed by atoms with Crippen molar-refractivity contribution in [1.82, 2.24) is 14.4 Å². The molecule has 0 atom stereocenters. The average Bonchev–Trinajstić information content (AvgIpc) is 2.88. The number of β-amino-alcohol motifs (C(OH)–C–C–N with tert-alkyl or cyclic N) is 1. The first-order valence-corrected chi connectivity index (χ1v) is 6.61. The Labute approximate surface area is 117 Å². The molecule has 0 saturated carbocycles. The summed E-state index contributed by atoms with van der Waals surface area (Å²) in [7, 11) is 0. The smallest absolute Gasteiger partial charge is 0.352 e. The molecule has 1 aliphatic rings. The predicted molar refractivity (Wildman–Crippen MR) is 71.5 cm³/mol. The zero-order valence-electron chi connectivity index (χ0n) is 11.2. The van der Waals surface area contributed by atoms with Crippen molar-refractivity contribution < 1.29 is 19.8 Å². The maximum absolute atomic E-state index is 12.1. The van der Waals surface area contributed by atoms with Crippen molar-refractivity contribution in [2.24, 2.45) is 0 Å². The van der Waals surface area contributed by atoms with Crippen molar-refractivity contribution in [3.05, 3.63) is 24.0 Å². The SMILES string of the molecule is O=C(O)c1cccn1CC(=O)N1CCN(CCO)CC1. The number of piperazine rings is 1. The summed E-state index contributed by atoms with van der Waals surface area (Å²) >= 11 is 0. The molecule has 1 aliphatic heterocycles. The number of hydrogen-bond donors (Lipinski definition) is 2. The largest absolute Gasteiger partial charge is 0.477 e. The molecule has 1 saturated heterocycles. The molecule has 7 nitrogen and oxygen atoms in total. The van der Waals surface area contributed by atoms with Crippen LogP contribution in [0.3, 0.4) is 0 Å². The van der Waals surface area contributed by atoms with Crippen LogP contribution in [0.2, 0.25) is 0 Å². The molecule has 0 aliphatic carbocycles. The van der Waals surface area contributed by atoms with Crippen molar-refractivity contribution in [3.63, 3.8) is 0 Å². The lowest BCUT2D eigenvalue weighted by Gasteiger charge is -2.34. The van der Waals surface area contributed by atoms with E-state index < -0.39 is 5.97 Å². The zero-order valence-corrected chi connectivity index (χ0v) is 11.2. The standard InChI is InChI=1S/C13H19N3O4/c17-9-8-14-4-6-15(7-5-14)12(18)10-16-3-1-2-11(16)13(19)20/h1-3,17H,4-10H2,(H,19,20). The summed E-state index contributed by atoms with van der Waals surface area (Å²) in [6.07, 6.45) is 1.60. The van der Waals surface area contributed by atoms with Gasteiger partial charge in [0, 0.05) is 38.9 Å². The van der Waals surface area contributed by atoms with Gasteiger partial charge in [-0.15, -0.1) is 0 Å². The lowest BCUT2D eigenvalue weighted by molar-refractivity contribution is -0.133. The number of aromatic nitrogens is 1. The summed E-state index contributed by atoms with van der Waals surface area (Å²) in [5.74, 6) is -1.11. The van der Waals surface area contributed by atoms with Crippen LogP contribution in [-0.4, -0.2) is 75.8 Å². The van der Waals surface area contributed by atoms with Gasteiger partial charge in [-0.05, 0) is 12.1 Å². The van der Waals surface area contributed by atoms with Gasteiger partial charge in [0.25, 0.3) is 0 Å². The molecule has 1 amide bonds. The van der Waals surface area contributed by atoms with Crippen LogP contribution in [0.15, 0.2) is 18.3 Å². The summed E-state index contributed by atoms with van der Waals surface area (Å²) in [6.45, 7) is 3.51. The van der Waals surface area contributed by atoms with E-state index in [0.29, 0.717) is 19.6 Å². The third-order valence-electron chi connectivity index (χ3n) is 3.50. The molecule has 2 heterocycles. The fraction of sp³-hybridized carbons (Fsp3) is 0.538. The van der Waals surface area contributed by atoms with Gasteiger partial charge in [-0.2, -0.15) is 0 Å². The molecule has 1 fully saturated rings. The summed E-state index contributed by atoms with van der Waals surface area (Å²) in [4.78, 5) is 27.0. The highest BCUT2D eigenvalue weighted by atomic mass is 16.4. The van der Waals surface area contributed by atoms with Gasteiger partial charge in [-0.1, -0.05) is 0 Å². The normalized spacial score (nSPS) is 16.4. The van der Waals surface area contributed by atoms with Crippen LogP contribution in [-0.2, 0) is 11.3 Å². The van der Waals surface area contributed by atoms with Crippen molar-refractivity contribution in [2.75, 3.05) is 39.3 Å². The third kappa shape index (κ3) is 3.37. The molecular weight excluding hydrogens is 262 g/mol. The average molecular weight is 281 g/mol. The Balaban J connectivity index is 1.90. The van der Waals surface area contributed by atoms with Crippen LogP contribution < -0.4 is 0 Å². The number of aromatic carboxylic acids is 1. The van der Waals surface area contributed by atoms with Crippen molar-refractivity contribution >= 4 is 11.9 Å². The van der Waals surface area contributed by atoms with Crippen LogP contribution in [0.25, 0.3) is 0 Å². The third-order valence-corrected chi connectivity index (χ3v) is 3.50. The molecule has 1 aromatic heterocycles. The van der Waals surface area contributed by atoms with Gasteiger partial charge in [0.15, 0.2) is 0 Å². The van der Waals surface area contributed by atoms with E-state index >= 15 is 0 Å². The zero-order chi connectivity index (χ0) is 14.5. The van der Waals surface area contributed by atoms with Crippen LogP contribution in [0.1, 0.15) is 10.5 Å². The summed E-state index contributed by atoms with van der Waals surface area (Å²) in [6, 6.07) is 3.10. The van der Waals surface area contributed by atoms with Gasteiger partial charge < -0.3 is 19.7 Å². The Morgan fingerprint density at radius 1 is 1.20 bits per heavy atom. The van der Waals surface area contributed by atoms with Gasteiger partial charge >= 0.3 is 5.97 Å². The maximum atomic E-state index is 12.1. The molecule has 7 heteroatoms. The number of carbonyl (C=O) groups excluding carboxylic acids is 1. The first kappa shape index (κ1) is 14.5. The Morgan fingerprint density at radius 3 is 2.50 bits per heavy atom. The number of amides is 1. The Bertz CT molecular complexity index is 478. The van der Waals surface area contributed by atoms with E-state index in [4.69, 9.17) is 10.2 Å². The number of aliphatic hydroxyl groups excluding tert-OH is 1. The highest BCUT2D eigenvalue weighted by Crippen LogP contribution is 2.06. The molecule has 2 rings (SSSR count). The minimum absolute atomic E-state index is 0.0502. The summed E-state index contributed by atoms with van der Waals surface area (Å²) < 4.78 is 1.45. The second-order valence-electron chi connectivity index (χ2n) is 4.77. The molecule has 20 heavy (non-hydrogen) atoms. The summed E-state index contributed by atoms with van der Waals surface area (Å²) in [5.41, 5.74) is 0.122. The number of carboxylic acids is 1. The number of hydrogen-bond acceptors (Lipinski definition) is 4.